The van der Waals surface area contributed by atoms with Crippen LogP contribution in [0.25, 0.3) is 0 Å². The van der Waals surface area contributed by atoms with Gasteiger partial charge in [-0.25, -0.2) is 4.79 Å². The minimum atomic E-state index is -0.834. The van der Waals surface area contributed by atoms with Crippen LogP contribution in [-0.2, 0) is 27.4 Å². The number of likely N-dealkylation sites (N-methyl/N-ethyl adjacent to an activating group) is 1. The van der Waals surface area contributed by atoms with Crippen LogP contribution in [0.2, 0.25) is 0 Å². The van der Waals surface area contributed by atoms with Crippen LogP contribution in [0, 0.1) is 0 Å². The fourth-order valence-corrected chi connectivity index (χ4v) is 5.80. The minimum Gasteiger partial charge on any atom is -0.450 e. The van der Waals surface area contributed by atoms with E-state index >= 15 is 0 Å². The largest absolute Gasteiger partial charge is 0.450 e. The molecule has 7 nitrogen and oxygen atoms in total. The fraction of sp³-hybridized carbons (Fsp3) is 0.467. The molecule has 0 atom stereocenters. The zero-order chi connectivity index (χ0) is 25.8. The maximum absolute atomic E-state index is 13.5. The van der Waals surface area contributed by atoms with Crippen molar-refractivity contribution in [3.63, 3.8) is 0 Å². The number of piperidine rings is 1. The molecule has 3 aliphatic heterocycles. The normalized spacial score (nSPS) is 20.9. The molecule has 0 bridgehead atoms. The van der Waals surface area contributed by atoms with E-state index in [9.17, 15) is 9.59 Å². The number of anilines is 1. The van der Waals surface area contributed by atoms with Crippen molar-refractivity contribution in [3.8, 4) is 0 Å². The molecule has 2 aromatic carbocycles. The van der Waals surface area contributed by atoms with Gasteiger partial charge in [0.1, 0.15) is 5.60 Å². The average molecular weight is 503 g/mol. The molecule has 2 saturated heterocycles. The third-order valence-electron chi connectivity index (χ3n) is 8.09. The second-order valence-corrected chi connectivity index (χ2v) is 10.5. The van der Waals surface area contributed by atoms with Gasteiger partial charge in [-0.05, 0) is 36.7 Å². The summed E-state index contributed by atoms with van der Waals surface area (Å²) in [6.07, 6.45) is 1.24. The lowest BCUT2D eigenvalue weighted by Crippen LogP contribution is -2.47. The van der Waals surface area contributed by atoms with Crippen LogP contribution < -0.4 is 5.32 Å². The maximum Gasteiger partial charge on any atom is 0.335 e. The Morgan fingerprint density at radius 3 is 2.03 bits per heavy atom. The Labute approximate surface area is 220 Å². The molecule has 2 aromatic rings. The smallest absolute Gasteiger partial charge is 0.335 e. The van der Waals surface area contributed by atoms with Crippen molar-refractivity contribution in [1.82, 2.24) is 14.7 Å². The van der Waals surface area contributed by atoms with Gasteiger partial charge in [-0.2, -0.15) is 0 Å². The van der Waals surface area contributed by atoms with Crippen LogP contribution in [0.1, 0.15) is 37.8 Å². The van der Waals surface area contributed by atoms with Gasteiger partial charge in [-0.3, -0.25) is 14.6 Å². The van der Waals surface area contributed by atoms with E-state index in [1.165, 1.54) is 11.1 Å². The van der Waals surface area contributed by atoms with E-state index in [2.05, 4.69) is 51.2 Å². The summed E-state index contributed by atoms with van der Waals surface area (Å²) in [4.78, 5) is 33.3. The first-order chi connectivity index (χ1) is 18.0. The van der Waals surface area contributed by atoms with Gasteiger partial charge in [0.25, 0.3) is 5.91 Å². The zero-order valence-corrected chi connectivity index (χ0v) is 22.0. The standard InChI is InChI=1S/C30H38N4O3/c1-3-32-17-19-34(20-18-32)22-25-9-11-26(12-10-25)31-28(35)27-23(2)29(36)37-30(27)13-15-33(16-14-30)21-24-7-5-4-6-8-24/h4-12H,3,13-22H2,1-2H3,(H,31,35). The summed E-state index contributed by atoms with van der Waals surface area (Å²) in [5.74, 6) is -0.608. The molecule has 5 rings (SSSR count). The van der Waals surface area contributed by atoms with Crippen molar-refractivity contribution in [3.05, 3.63) is 76.9 Å². The Bertz CT molecular complexity index is 1130. The highest BCUT2D eigenvalue weighted by molar-refractivity contribution is 6.12. The van der Waals surface area contributed by atoms with Gasteiger partial charge in [0, 0.05) is 76.5 Å². The molecule has 37 heavy (non-hydrogen) atoms. The van der Waals surface area contributed by atoms with Gasteiger partial charge in [0.2, 0.25) is 0 Å². The third kappa shape index (κ3) is 5.79. The number of piperazine rings is 1. The Balaban J connectivity index is 1.20. The van der Waals surface area contributed by atoms with Gasteiger partial charge in [0.05, 0.1) is 5.57 Å². The number of nitrogens with zero attached hydrogens (tertiary/aromatic N) is 3. The second kappa shape index (κ2) is 11.2. The van der Waals surface area contributed by atoms with Crippen molar-refractivity contribution in [2.75, 3.05) is 51.1 Å². The number of likely N-dealkylation sites (tertiary alicyclic amines) is 1. The molecule has 196 valence electrons. The van der Waals surface area contributed by atoms with Crippen LogP contribution in [0.15, 0.2) is 65.7 Å². The molecule has 2 fully saturated rings. The number of rotatable bonds is 7. The number of carbonyl (C=O) groups excluding carboxylic acids is 2. The first-order valence-corrected chi connectivity index (χ1v) is 13.5. The van der Waals surface area contributed by atoms with Crippen molar-refractivity contribution in [2.45, 2.75) is 45.4 Å². The first kappa shape index (κ1) is 25.6. The highest BCUT2D eigenvalue weighted by Crippen LogP contribution is 2.41. The maximum atomic E-state index is 13.5. The van der Waals surface area contributed by atoms with Crippen molar-refractivity contribution >= 4 is 17.6 Å². The number of hydrogen-bond donors (Lipinski definition) is 1. The number of amides is 1. The Kier molecular flexibility index (Phi) is 7.74. The quantitative estimate of drug-likeness (QED) is 0.583. The number of esters is 1. The summed E-state index contributed by atoms with van der Waals surface area (Å²) in [5.41, 5.74) is 3.32. The fourth-order valence-electron chi connectivity index (χ4n) is 5.80. The molecular weight excluding hydrogens is 464 g/mol. The summed E-state index contributed by atoms with van der Waals surface area (Å²) in [6.45, 7) is 12.8. The third-order valence-corrected chi connectivity index (χ3v) is 8.09. The molecule has 0 aromatic heterocycles. The Hall–Kier alpha value is -3.00. The zero-order valence-electron chi connectivity index (χ0n) is 22.0. The van der Waals surface area contributed by atoms with Crippen LogP contribution >= 0.6 is 0 Å². The van der Waals surface area contributed by atoms with Crippen molar-refractivity contribution < 1.29 is 14.3 Å². The van der Waals surface area contributed by atoms with Crippen LogP contribution in [0.3, 0.4) is 0 Å². The van der Waals surface area contributed by atoms with Gasteiger partial charge >= 0.3 is 5.97 Å². The van der Waals surface area contributed by atoms with E-state index in [1.807, 2.05) is 30.3 Å². The summed E-state index contributed by atoms with van der Waals surface area (Å²) in [5, 5.41) is 3.04. The Morgan fingerprint density at radius 1 is 0.838 bits per heavy atom. The summed E-state index contributed by atoms with van der Waals surface area (Å²) in [7, 11) is 0. The van der Waals surface area contributed by atoms with E-state index in [-0.39, 0.29) is 11.9 Å². The van der Waals surface area contributed by atoms with E-state index < -0.39 is 5.60 Å². The lowest BCUT2D eigenvalue weighted by atomic mass is 9.82. The highest BCUT2D eigenvalue weighted by atomic mass is 16.6. The monoisotopic (exact) mass is 502 g/mol. The topological polar surface area (TPSA) is 65.1 Å². The van der Waals surface area contributed by atoms with Crippen LogP contribution in [0.4, 0.5) is 5.69 Å². The molecule has 0 unspecified atom stereocenters. The van der Waals surface area contributed by atoms with Gasteiger partial charge < -0.3 is 15.0 Å². The summed E-state index contributed by atoms with van der Waals surface area (Å²) >= 11 is 0. The van der Waals surface area contributed by atoms with Crippen molar-refractivity contribution in [2.24, 2.45) is 0 Å². The summed E-state index contributed by atoms with van der Waals surface area (Å²) in [6, 6.07) is 18.4. The molecule has 0 aliphatic carbocycles. The molecule has 3 heterocycles. The molecule has 1 N–H and O–H groups in total. The molecule has 7 heteroatoms. The number of nitrogens with one attached hydrogen (secondary N) is 1. The second-order valence-electron chi connectivity index (χ2n) is 10.5. The molecule has 1 amide bonds. The lowest BCUT2D eigenvalue weighted by Gasteiger charge is -2.39. The van der Waals surface area contributed by atoms with E-state index in [1.54, 1.807) is 6.92 Å². The van der Waals surface area contributed by atoms with Crippen molar-refractivity contribution in [1.29, 1.82) is 0 Å². The number of carbonyl (C=O) groups is 2. The lowest BCUT2D eigenvalue weighted by molar-refractivity contribution is -0.150. The van der Waals surface area contributed by atoms with E-state index in [0.717, 1.165) is 64.6 Å². The molecule has 0 saturated carbocycles. The molecule has 3 aliphatic rings. The molecule has 0 radical (unpaired) electrons. The molecular formula is C30H38N4O3. The highest BCUT2D eigenvalue weighted by Gasteiger charge is 2.50. The first-order valence-electron chi connectivity index (χ1n) is 13.5. The summed E-state index contributed by atoms with van der Waals surface area (Å²) < 4.78 is 5.88. The predicted octanol–water partition coefficient (Wildman–Crippen LogP) is 3.67. The number of ether oxygens (including phenoxy) is 1. The van der Waals surface area contributed by atoms with Gasteiger partial charge in [-0.1, -0.05) is 49.4 Å². The van der Waals surface area contributed by atoms with Gasteiger partial charge in [0.15, 0.2) is 0 Å². The predicted molar refractivity (Wildman–Crippen MR) is 145 cm³/mol. The van der Waals surface area contributed by atoms with Gasteiger partial charge in [-0.15, -0.1) is 0 Å². The molecule has 1 spiro atoms. The SMILES string of the molecule is CCN1CCN(Cc2ccc(NC(=O)C3=C(C)C(=O)OC34CCN(Cc3ccccc3)CC4)cc2)CC1. The number of benzene rings is 2. The minimum absolute atomic E-state index is 0.233. The number of hydrogen-bond acceptors (Lipinski definition) is 6. The van der Waals surface area contributed by atoms with Crippen LogP contribution in [-0.4, -0.2) is 78.0 Å². The van der Waals surface area contributed by atoms with E-state index in [0.29, 0.717) is 24.0 Å². The average Bonchev–Trinajstić information content (AvgIpc) is 3.16. The van der Waals surface area contributed by atoms with Crippen LogP contribution in [0.5, 0.6) is 0 Å². The Morgan fingerprint density at radius 2 is 1.41 bits per heavy atom. The van der Waals surface area contributed by atoms with E-state index in [4.69, 9.17) is 4.74 Å².